The third-order valence-electron chi connectivity index (χ3n) is 5.67. The summed E-state index contributed by atoms with van der Waals surface area (Å²) in [6.45, 7) is 4.36. The fourth-order valence-corrected chi connectivity index (χ4v) is 4.12. The van der Waals surface area contributed by atoms with Crippen LogP contribution in [0.5, 0.6) is 0 Å². The number of nitrogens with one attached hydrogen (secondary N) is 1. The number of amides is 1. The lowest BCUT2D eigenvalue weighted by Crippen LogP contribution is -2.48. The summed E-state index contributed by atoms with van der Waals surface area (Å²) in [6.07, 6.45) is 11.1. The van der Waals surface area contributed by atoms with E-state index in [0.29, 0.717) is 23.9 Å². The normalized spacial score (nSPS) is 32.0. The Balaban J connectivity index is 1.62. The van der Waals surface area contributed by atoms with Crippen molar-refractivity contribution in [2.24, 2.45) is 11.8 Å². The molecule has 3 nitrogen and oxygen atoms in total. The molecule has 0 bridgehead atoms. The fourth-order valence-electron chi connectivity index (χ4n) is 4.12. The molecule has 1 heterocycles. The molecule has 3 aliphatic rings. The number of hydrogen-bond acceptors (Lipinski definition) is 2. The molecule has 2 saturated carbocycles. The predicted octanol–water partition coefficient (Wildman–Crippen LogP) is 2.95. The summed E-state index contributed by atoms with van der Waals surface area (Å²) in [7, 11) is 0. The van der Waals surface area contributed by atoms with Crippen LogP contribution in [-0.4, -0.2) is 36.0 Å². The van der Waals surface area contributed by atoms with Crippen LogP contribution < -0.4 is 5.32 Å². The van der Waals surface area contributed by atoms with E-state index in [1.165, 1.54) is 44.9 Å². The number of hydrogen-bond donors (Lipinski definition) is 1. The van der Waals surface area contributed by atoms with E-state index in [1.54, 1.807) is 0 Å². The smallest absolute Gasteiger partial charge is 0.226 e. The summed E-state index contributed by atoms with van der Waals surface area (Å²) in [5.41, 5.74) is 0. The van der Waals surface area contributed by atoms with Gasteiger partial charge < -0.3 is 10.2 Å². The summed E-state index contributed by atoms with van der Waals surface area (Å²) >= 11 is 0. The summed E-state index contributed by atoms with van der Waals surface area (Å²) in [5, 5.41) is 3.38. The first-order valence-electron chi connectivity index (χ1n) is 8.82. The van der Waals surface area contributed by atoms with E-state index < -0.39 is 0 Å². The molecule has 0 atom stereocenters. The van der Waals surface area contributed by atoms with Crippen LogP contribution in [0.15, 0.2) is 0 Å². The van der Waals surface area contributed by atoms with Crippen molar-refractivity contribution >= 4 is 5.91 Å². The van der Waals surface area contributed by atoms with Crippen LogP contribution in [0, 0.1) is 11.8 Å². The molecule has 1 aliphatic heterocycles. The first-order chi connectivity index (χ1) is 9.79. The molecule has 0 radical (unpaired) electrons. The highest BCUT2D eigenvalue weighted by Crippen LogP contribution is 2.37. The minimum atomic E-state index is 0.306. The van der Waals surface area contributed by atoms with Crippen molar-refractivity contribution in [3.63, 3.8) is 0 Å². The van der Waals surface area contributed by atoms with E-state index >= 15 is 0 Å². The molecular weight excluding hydrogens is 248 g/mol. The van der Waals surface area contributed by atoms with Crippen molar-refractivity contribution in [1.29, 1.82) is 0 Å². The van der Waals surface area contributed by atoms with E-state index in [-0.39, 0.29) is 0 Å². The van der Waals surface area contributed by atoms with Crippen molar-refractivity contribution in [2.75, 3.05) is 13.1 Å². The second-order valence-electron chi connectivity index (χ2n) is 7.08. The second kappa shape index (κ2) is 6.46. The summed E-state index contributed by atoms with van der Waals surface area (Å²) in [5.74, 6) is 1.72. The average Bonchev–Trinajstić information content (AvgIpc) is 3.34. The molecule has 3 rings (SSSR count). The molecule has 3 fully saturated rings. The van der Waals surface area contributed by atoms with Gasteiger partial charge in [0.1, 0.15) is 0 Å². The van der Waals surface area contributed by atoms with E-state index in [1.807, 2.05) is 0 Å². The van der Waals surface area contributed by atoms with Gasteiger partial charge in [0.2, 0.25) is 5.91 Å². The molecule has 114 valence electrons. The standard InChI is InChI=1S/C17H30N2O/c1-2-13-3-5-15(6-4-13)19(16-7-8-16)17(20)14-9-11-18-12-10-14/h13-16,18H,2-12H2,1H3. The van der Waals surface area contributed by atoms with Gasteiger partial charge in [0.25, 0.3) is 0 Å². The van der Waals surface area contributed by atoms with Crippen molar-refractivity contribution in [3.8, 4) is 0 Å². The Labute approximate surface area is 123 Å². The molecule has 1 amide bonds. The monoisotopic (exact) mass is 278 g/mol. The number of piperidine rings is 1. The predicted molar refractivity (Wildman–Crippen MR) is 81.5 cm³/mol. The van der Waals surface area contributed by atoms with Gasteiger partial charge in [-0.2, -0.15) is 0 Å². The Morgan fingerprint density at radius 1 is 0.950 bits per heavy atom. The lowest BCUT2D eigenvalue weighted by Gasteiger charge is -2.39. The van der Waals surface area contributed by atoms with Crippen LogP contribution in [0.25, 0.3) is 0 Å². The Bertz CT molecular complexity index is 326. The third-order valence-corrected chi connectivity index (χ3v) is 5.67. The third kappa shape index (κ3) is 3.19. The Kier molecular flexibility index (Phi) is 4.65. The molecular formula is C17H30N2O. The van der Waals surface area contributed by atoms with Crippen molar-refractivity contribution < 1.29 is 4.79 Å². The minimum absolute atomic E-state index is 0.306. The fraction of sp³-hybridized carbons (Fsp3) is 0.941. The molecule has 1 N–H and O–H groups in total. The number of carbonyl (C=O) groups excluding carboxylic acids is 1. The van der Waals surface area contributed by atoms with Gasteiger partial charge in [0.15, 0.2) is 0 Å². The van der Waals surface area contributed by atoms with Crippen LogP contribution in [0.2, 0.25) is 0 Å². The highest BCUT2D eigenvalue weighted by atomic mass is 16.2. The van der Waals surface area contributed by atoms with E-state index in [4.69, 9.17) is 0 Å². The first kappa shape index (κ1) is 14.4. The quantitative estimate of drug-likeness (QED) is 0.857. The van der Waals surface area contributed by atoms with Crippen LogP contribution in [0.4, 0.5) is 0 Å². The number of rotatable bonds is 4. The molecule has 0 unspecified atom stereocenters. The van der Waals surface area contributed by atoms with Crippen molar-refractivity contribution in [2.45, 2.75) is 76.8 Å². The Morgan fingerprint density at radius 2 is 1.50 bits per heavy atom. The zero-order chi connectivity index (χ0) is 13.9. The molecule has 20 heavy (non-hydrogen) atoms. The lowest BCUT2D eigenvalue weighted by molar-refractivity contribution is -0.140. The van der Waals surface area contributed by atoms with E-state index in [9.17, 15) is 4.79 Å². The number of carbonyl (C=O) groups is 1. The average molecular weight is 278 g/mol. The largest absolute Gasteiger partial charge is 0.336 e. The molecule has 1 saturated heterocycles. The Hall–Kier alpha value is -0.570. The van der Waals surface area contributed by atoms with Gasteiger partial charge in [-0.1, -0.05) is 13.3 Å². The minimum Gasteiger partial charge on any atom is -0.336 e. The van der Waals surface area contributed by atoms with E-state index in [2.05, 4.69) is 17.1 Å². The maximum Gasteiger partial charge on any atom is 0.226 e. The summed E-state index contributed by atoms with van der Waals surface area (Å²) in [4.78, 5) is 15.3. The topological polar surface area (TPSA) is 32.3 Å². The van der Waals surface area contributed by atoms with Gasteiger partial charge in [-0.3, -0.25) is 4.79 Å². The van der Waals surface area contributed by atoms with Crippen molar-refractivity contribution in [3.05, 3.63) is 0 Å². The molecule has 2 aliphatic carbocycles. The lowest BCUT2D eigenvalue weighted by atomic mass is 9.83. The Morgan fingerprint density at radius 3 is 2.00 bits per heavy atom. The summed E-state index contributed by atoms with van der Waals surface area (Å²) < 4.78 is 0. The first-order valence-corrected chi connectivity index (χ1v) is 8.82. The van der Waals surface area contributed by atoms with Gasteiger partial charge in [0.05, 0.1) is 0 Å². The van der Waals surface area contributed by atoms with Gasteiger partial charge >= 0.3 is 0 Å². The highest BCUT2D eigenvalue weighted by Gasteiger charge is 2.40. The van der Waals surface area contributed by atoms with Crippen molar-refractivity contribution in [1.82, 2.24) is 10.2 Å². The second-order valence-corrected chi connectivity index (χ2v) is 7.08. The zero-order valence-corrected chi connectivity index (χ0v) is 12.9. The van der Waals surface area contributed by atoms with Crippen LogP contribution in [-0.2, 0) is 4.79 Å². The number of nitrogens with zero attached hydrogens (tertiary/aromatic N) is 1. The summed E-state index contributed by atoms with van der Waals surface area (Å²) in [6, 6.07) is 1.16. The maximum atomic E-state index is 12.9. The molecule has 0 aromatic carbocycles. The molecule has 3 heteroatoms. The van der Waals surface area contributed by atoms with Gasteiger partial charge in [-0.25, -0.2) is 0 Å². The maximum absolute atomic E-state index is 12.9. The molecule has 0 aromatic heterocycles. The highest BCUT2D eigenvalue weighted by molar-refractivity contribution is 5.80. The molecule has 0 aromatic rings. The van der Waals surface area contributed by atoms with Gasteiger partial charge in [0, 0.05) is 18.0 Å². The SMILES string of the molecule is CCC1CCC(N(C(=O)C2CCNCC2)C2CC2)CC1. The van der Waals surface area contributed by atoms with E-state index in [0.717, 1.165) is 31.8 Å². The zero-order valence-electron chi connectivity index (χ0n) is 12.9. The van der Waals surface area contributed by atoms with Crippen LogP contribution >= 0.6 is 0 Å². The molecule has 0 spiro atoms. The van der Waals surface area contributed by atoms with Crippen LogP contribution in [0.3, 0.4) is 0 Å². The van der Waals surface area contributed by atoms with Crippen LogP contribution in [0.1, 0.15) is 64.7 Å². The van der Waals surface area contributed by atoms with Gasteiger partial charge in [-0.15, -0.1) is 0 Å². The van der Waals surface area contributed by atoms with Gasteiger partial charge in [-0.05, 0) is 70.4 Å².